The molecule has 23 heavy (non-hydrogen) atoms. The Morgan fingerprint density at radius 1 is 1.22 bits per heavy atom. The Morgan fingerprint density at radius 3 is 2.70 bits per heavy atom. The molecule has 0 aliphatic carbocycles. The van der Waals surface area contributed by atoms with E-state index in [0.717, 1.165) is 43.0 Å². The summed E-state index contributed by atoms with van der Waals surface area (Å²) in [5, 5.41) is 7.67. The van der Waals surface area contributed by atoms with Crippen LogP contribution in [0.25, 0.3) is 0 Å². The van der Waals surface area contributed by atoms with Crippen LogP contribution in [-0.2, 0) is 11.8 Å². The van der Waals surface area contributed by atoms with Crippen molar-refractivity contribution in [3.05, 3.63) is 30.0 Å². The standard InChI is InChI=1S/C16H22N6O/c1-20-5-3-11(4-6-20)22-16-13(8-18-22)12(7-15(23)19-16)14-9-17-10-21(14)2/h8-12H,3-7H2,1-2H3,(H,19,23). The number of aromatic nitrogens is 4. The Labute approximate surface area is 135 Å². The van der Waals surface area contributed by atoms with Gasteiger partial charge in [0, 0.05) is 36.8 Å². The summed E-state index contributed by atoms with van der Waals surface area (Å²) in [6, 6.07) is 0.362. The number of anilines is 1. The van der Waals surface area contributed by atoms with Gasteiger partial charge in [0.25, 0.3) is 0 Å². The van der Waals surface area contributed by atoms with Crippen molar-refractivity contribution in [3.8, 4) is 0 Å². The van der Waals surface area contributed by atoms with Gasteiger partial charge in [0.1, 0.15) is 5.82 Å². The van der Waals surface area contributed by atoms with Gasteiger partial charge in [-0.2, -0.15) is 5.10 Å². The molecule has 0 aromatic carbocycles. The van der Waals surface area contributed by atoms with Gasteiger partial charge >= 0.3 is 0 Å². The van der Waals surface area contributed by atoms with Gasteiger partial charge in [0.15, 0.2) is 0 Å². The van der Waals surface area contributed by atoms with Gasteiger partial charge in [0.2, 0.25) is 5.91 Å². The van der Waals surface area contributed by atoms with E-state index in [-0.39, 0.29) is 11.8 Å². The SMILES string of the molecule is CN1CCC(n2ncc3c2NC(=O)CC3c2cncn2C)CC1. The minimum Gasteiger partial charge on any atom is -0.337 e. The number of imidazole rings is 1. The number of nitrogens with zero attached hydrogens (tertiary/aromatic N) is 5. The Balaban J connectivity index is 1.70. The third kappa shape index (κ3) is 2.45. The van der Waals surface area contributed by atoms with Crippen molar-refractivity contribution in [3.63, 3.8) is 0 Å². The number of fused-ring (bicyclic) bond motifs is 1. The average molecular weight is 314 g/mol. The number of hydrogen-bond acceptors (Lipinski definition) is 4. The van der Waals surface area contributed by atoms with E-state index in [2.05, 4.69) is 27.3 Å². The highest BCUT2D eigenvalue weighted by Gasteiger charge is 2.33. The molecule has 1 unspecified atom stereocenters. The summed E-state index contributed by atoms with van der Waals surface area (Å²) in [6.07, 6.45) is 8.13. The second-order valence-electron chi connectivity index (χ2n) is 6.66. The second kappa shape index (κ2) is 5.49. The van der Waals surface area contributed by atoms with Crippen LogP contribution in [0.3, 0.4) is 0 Å². The van der Waals surface area contributed by atoms with Gasteiger partial charge in [0.05, 0.1) is 18.6 Å². The van der Waals surface area contributed by atoms with Gasteiger partial charge < -0.3 is 14.8 Å². The molecule has 0 radical (unpaired) electrons. The van der Waals surface area contributed by atoms with E-state index in [4.69, 9.17) is 0 Å². The molecule has 0 bridgehead atoms. The third-order valence-electron chi connectivity index (χ3n) is 5.09. The lowest BCUT2D eigenvalue weighted by Gasteiger charge is -2.31. The van der Waals surface area contributed by atoms with Crippen molar-refractivity contribution >= 4 is 11.7 Å². The van der Waals surface area contributed by atoms with Crippen molar-refractivity contribution in [2.75, 3.05) is 25.5 Å². The van der Waals surface area contributed by atoms with Gasteiger partial charge in [-0.25, -0.2) is 9.67 Å². The fraction of sp³-hybridized carbons (Fsp3) is 0.562. The van der Waals surface area contributed by atoms with Gasteiger partial charge in [-0.05, 0) is 33.0 Å². The predicted octanol–water partition coefficient (Wildman–Crippen LogP) is 1.36. The lowest BCUT2D eigenvalue weighted by molar-refractivity contribution is -0.116. The summed E-state index contributed by atoms with van der Waals surface area (Å²) >= 11 is 0. The topological polar surface area (TPSA) is 68.0 Å². The molecule has 2 aliphatic rings. The largest absolute Gasteiger partial charge is 0.337 e. The Kier molecular flexibility index (Phi) is 3.45. The lowest BCUT2D eigenvalue weighted by atomic mass is 9.91. The van der Waals surface area contributed by atoms with Crippen LogP contribution in [0.5, 0.6) is 0 Å². The third-order valence-corrected chi connectivity index (χ3v) is 5.09. The summed E-state index contributed by atoms with van der Waals surface area (Å²) < 4.78 is 4.02. The first kappa shape index (κ1) is 14.4. The van der Waals surface area contributed by atoms with E-state index in [1.165, 1.54) is 0 Å². The molecule has 0 spiro atoms. The van der Waals surface area contributed by atoms with Crippen LogP contribution < -0.4 is 5.32 Å². The summed E-state index contributed by atoms with van der Waals surface area (Å²) in [5.41, 5.74) is 2.16. The number of rotatable bonds is 2. The first-order chi connectivity index (χ1) is 11.1. The van der Waals surface area contributed by atoms with Crippen molar-refractivity contribution in [2.45, 2.75) is 31.2 Å². The molecular formula is C16H22N6O. The van der Waals surface area contributed by atoms with E-state index >= 15 is 0 Å². The molecule has 1 amide bonds. The van der Waals surface area contributed by atoms with Gasteiger partial charge in [-0.1, -0.05) is 0 Å². The zero-order chi connectivity index (χ0) is 16.0. The van der Waals surface area contributed by atoms with Crippen LogP contribution in [0.1, 0.15) is 42.5 Å². The van der Waals surface area contributed by atoms with E-state index in [1.54, 1.807) is 6.33 Å². The molecule has 7 nitrogen and oxygen atoms in total. The highest BCUT2D eigenvalue weighted by molar-refractivity contribution is 5.94. The fourth-order valence-corrected chi connectivity index (χ4v) is 3.72. The minimum absolute atomic E-state index is 0.0336. The Hall–Kier alpha value is -2.15. The smallest absolute Gasteiger partial charge is 0.226 e. The lowest BCUT2D eigenvalue weighted by Crippen LogP contribution is -2.33. The zero-order valence-electron chi connectivity index (χ0n) is 13.6. The molecule has 1 fully saturated rings. The highest BCUT2D eigenvalue weighted by Crippen LogP contribution is 2.38. The second-order valence-corrected chi connectivity index (χ2v) is 6.66. The summed E-state index contributed by atoms with van der Waals surface area (Å²) in [6.45, 7) is 2.14. The monoisotopic (exact) mass is 314 g/mol. The first-order valence-corrected chi connectivity index (χ1v) is 8.15. The predicted molar refractivity (Wildman–Crippen MR) is 86.3 cm³/mol. The normalized spacial score (nSPS) is 22.9. The molecule has 2 aromatic heterocycles. The van der Waals surface area contributed by atoms with Crippen LogP contribution in [0.4, 0.5) is 5.82 Å². The number of piperidine rings is 1. The quantitative estimate of drug-likeness (QED) is 0.909. The molecule has 122 valence electrons. The summed E-state index contributed by atoms with van der Waals surface area (Å²) in [4.78, 5) is 18.8. The summed E-state index contributed by atoms with van der Waals surface area (Å²) in [7, 11) is 4.12. The van der Waals surface area contributed by atoms with E-state index in [1.807, 2.05) is 28.7 Å². The molecule has 7 heteroatoms. The number of likely N-dealkylation sites (tertiary alicyclic amines) is 1. The number of amides is 1. The van der Waals surface area contributed by atoms with Crippen molar-refractivity contribution in [1.29, 1.82) is 0 Å². The molecule has 4 heterocycles. The summed E-state index contributed by atoms with van der Waals surface area (Å²) in [5.74, 6) is 0.964. The number of aryl methyl sites for hydroxylation is 1. The van der Waals surface area contributed by atoms with E-state index in [9.17, 15) is 4.79 Å². The minimum atomic E-state index is 0.0336. The van der Waals surface area contributed by atoms with Crippen LogP contribution >= 0.6 is 0 Å². The number of carbonyl (C=O) groups is 1. The Morgan fingerprint density at radius 2 is 2.00 bits per heavy atom. The van der Waals surface area contributed by atoms with Crippen molar-refractivity contribution in [1.82, 2.24) is 24.2 Å². The molecular weight excluding hydrogens is 292 g/mol. The first-order valence-electron chi connectivity index (χ1n) is 8.15. The number of carbonyl (C=O) groups excluding carboxylic acids is 1. The molecule has 2 aliphatic heterocycles. The van der Waals surface area contributed by atoms with Gasteiger partial charge in [-0.15, -0.1) is 0 Å². The van der Waals surface area contributed by atoms with Crippen molar-refractivity contribution in [2.24, 2.45) is 7.05 Å². The Bertz CT molecular complexity index is 725. The highest BCUT2D eigenvalue weighted by atomic mass is 16.1. The van der Waals surface area contributed by atoms with Crippen LogP contribution in [0.2, 0.25) is 0 Å². The maximum Gasteiger partial charge on any atom is 0.226 e. The maximum absolute atomic E-state index is 12.2. The molecule has 4 rings (SSSR count). The maximum atomic E-state index is 12.2. The van der Waals surface area contributed by atoms with Crippen molar-refractivity contribution < 1.29 is 4.79 Å². The average Bonchev–Trinajstić information content (AvgIpc) is 3.14. The van der Waals surface area contributed by atoms with Crippen LogP contribution in [0, 0.1) is 0 Å². The molecule has 1 N–H and O–H groups in total. The number of nitrogens with one attached hydrogen (secondary N) is 1. The molecule has 1 atom stereocenters. The fourth-order valence-electron chi connectivity index (χ4n) is 3.72. The van der Waals surface area contributed by atoms with E-state index < -0.39 is 0 Å². The molecule has 2 aromatic rings. The molecule has 1 saturated heterocycles. The number of hydrogen-bond donors (Lipinski definition) is 1. The van der Waals surface area contributed by atoms with E-state index in [0.29, 0.717) is 12.5 Å². The molecule has 0 saturated carbocycles. The van der Waals surface area contributed by atoms with Crippen LogP contribution in [-0.4, -0.2) is 50.3 Å². The van der Waals surface area contributed by atoms with Gasteiger partial charge in [-0.3, -0.25) is 4.79 Å². The zero-order valence-corrected chi connectivity index (χ0v) is 13.6. The van der Waals surface area contributed by atoms with Crippen LogP contribution in [0.15, 0.2) is 18.7 Å².